The van der Waals surface area contributed by atoms with Crippen LogP contribution in [0.15, 0.2) is 18.2 Å². The van der Waals surface area contributed by atoms with Gasteiger partial charge in [0, 0.05) is 5.69 Å². The van der Waals surface area contributed by atoms with E-state index in [4.69, 9.17) is 5.73 Å². The summed E-state index contributed by atoms with van der Waals surface area (Å²) in [5.41, 5.74) is 9.02. The van der Waals surface area contributed by atoms with Crippen LogP contribution in [0.1, 0.15) is 30.9 Å². The molecule has 0 radical (unpaired) electrons. The lowest BCUT2D eigenvalue weighted by molar-refractivity contribution is -0.117. The summed E-state index contributed by atoms with van der Waals surface area (Å²) < 4.78 is 0. The van der Waals surface area contributed by atoms with Crippen molar-refractivity contribution < 1.29 is 4.79 Å². The van der Waals surface area contributed by atoms with E-state index in [1.165, 1.54) is 5.56 Å². The number of hydrogen-bond acceptors (Lipinski definition) is 3. The van der Waals surface area contributed by atoms with Crippen LogP contribution in [0, 0.1) is 12.8 Å². The molecule has 0 bridgehead atoms. The van der Waals surface area contributed by atoms with Crippen LogP contribution >= 0.6 is 0 Å². The molecule has 0 saturated carbocycles. The molecule has 1 aliphatic rings. The molecule has 1 aliphatic heterocycles. The SMILES string of the molecule is CCc1cccc(C)c1NC(=O)CN1CCC(CN)CC1. The molecule has 0 aromatic heterocycles. The van der Waals surface area contributed by atoms with Crippen LogP contribution in [0.2, 0.25) is 0 Å². The molecule has 1 saturated heterocycles. The third-order valence-corrected chi connectivity index (χ3v) is 4.41. The molecule has 0 aliphatic carbocycles. The van der Waals surface area contributed by atoms with Crippen molar-refractivity contribution in [2.24, 2.45) is 11.7 Å². The molecular weight excluding hydrogens is 262 g/mol. The van der Waals surface area contributed by atoms with E-state index in [9.17, 15) is 4.79 Å². The molecule has 1 fully saturated rings. The highest BCUT2D eigenvalue weighted by Gasteiger charge is 2.20. The smallest absolute Gasteiger partial charge is 0.238 e. The Hall–Kier alpha value is -1.39. The molecule has 1 aromatic rings. The molecular formula is C17H27N3O. The number of amides is 1. The second-order valence-corrected chi connectivity index (χ2v) is 5.97. The average Bonchev–Trinajstić information content (AvgIpc) is 2.50. The largest absolute Gasteiger partial charge is 0.330 e. The first kappa shape index (κ1) is 16.0. The molecule has 0 atom stereocenters. The molecule has 116 valence electrons. The first-order valence-corrected chi connectivity index (χ1v) is 7.94. The van der Waals surface area contributed by atoms with Gasteiger partial charge in [-0.05, 0) is 62.9 Å². The number of carbonyl (C=O) groups is 1. The monoisotopic (exact) mass is 289 g/mol. The Kier molecular flexibility index (Phi) is 5.76. The number of nitrogens with two attached hydrogens (primary N) is 1. The van der Waals surface area contributed by atoms with Crippen molar-refractivity contribution in [1.29, 1.82) is 0 Å². The van der Waals surface area contributed by atoms with Gasteiger partial charge in [0.1, 0.15) is 0 Å². The highest BCUT2D eigenvalue weighted by Crippen LogP contribution is 2.21. The second-order valence-electron chi connectivity index (χ2n) is 5.97. The van der Waals surface area contributed by atoms with Crippen LogP contribution in [0.25, 0.3) is 0 Å². The number of anilines is 1. The van der Waals surface area contributed by atoms with Gasteiger partial charge in [-0.15, -0.1) is 0 Å². The summed E-state index contributed by atoms with van der Waals surface area (Å²) in [7, 11) is 0. The van der Waals surface area contributed by atoms with Crippen LogP contribution in [0.4, 0.5) is 5.69 Å². The van der Waals surface area contributed by atoms with E-state index >= 15 is 0 Å². The first-order chi connectivity index (χ1) is 10.1. The predicted molar refractivity (Wildman–Crippen MR) is 87.4 cm³/mol. The number of likely N-dealkylation sites (tertiary alicyclic amines) is 1. The molecule has 1 aromatic carbocycles. The zero-order valence-electron chi connectivity index (χ0n) is 13.2. The maximum atomic E-state index is 12.3. The van der Waals surface area contributed by atoms with E-state index < -0.39 is 0 Å². The molecule has 4 nitrogen and oxygen atoms in total. The van der Waals surface area contributed by atoms with Crippen LogP contribution in [0.3, 0.4) is 0 Å². The van der Waals surface area contributed by atoms with Crippen LogP contribution in [-0.2, 0) is 11.2 Å². The predicted octanol–water partition coefficient (Wildman–Crippen LogP) is 2.17. The fourth-order valence-corrected chi connectivity index (χ4v) is 2.96. The van der Waals surface area contributed by atoms with Crippen molar-refractivity contribution in [2.75, 3.05) is 31.5 Å². The highest BCUT2D eigenvalue weighted by molar-refractivity contribution is 5.93. The van der Waals surface area contributed by atoms with Gasteiger partial charge in [0.2, 0.25) is 5.91 Å². The zero-order chi connectivity index (χ0) is 15.2. The Morgan fingerprint density at radius 1 is 1.38 bits per heavy atom. The van der Waals surface area contributed by atoms with Gasteiger partial charge >= 0.3 is 0 Å². The summed E-state index contributed by atoms with van der Waals surface area (Å²) in [6.07, 6.45) is 3.14. The van der Waals surface area contributed by atoms with Gasteiger partial charge in [-0.25, -0.2) is 0 Å². The summed E-state index contributed by atoms with van der Waals surface area (Å²) in [6, 6.07) is 6.16. The maximum Gasteiger partial charge on any atom is 0.238 e. The minimum Gasteiger partial charge on any atom is -0.330 e. The lowest BCUT2D eigenvalue weighted by atomic mass is 9.97. The van der Waals surface area contributed by atoms with Gasteiger partial charge in [-0.2, -0.15) is 0 Å². The number of nitrogens with zero attached hydrogens (tertiary/aromatic N) is 1. The van der Waals surface area contributed by atoms with Crippen molar-refractivity contribution in [3.63, 3.8) is 0 Å². The Balaban J connectivity index is 1.91. The Morgan fingerprint density at radius 3 is 2.71 bits per heavy atom. The fraction of sp³-hybridized carbons (Fsp3) is 0.588. The van der Waals surface area contributed by atoms with E-state index in [2.05, 4.69) is 23.2 Å². The molecule has 3 N–H and O–H groups in total. The minimum absolute atomic E-state index is 0.0881. The van der Waals surface area contributed by atoms with E-state index in [0.29, 0.717) is 12.5 Å². The van der Waals surface area contributed by atoms with E-state index in [1.807, 2.05) is 19.1 Å². The number of hydrogen-bond donors (Lipinski definition) is 2. The number of aryl methyl sites for hydroxylation is 2. The summed E-state index contributed by atoms with van der Waals surface area (Å²) in [5.74, 6) is 0.720. The maximum absolute atomic E-state index is 12.3. The van der Waals surface area contributed by atoms with Crippen LogP contribution in [-0.4, -0.2) is 37.0 Å². The first-order valence-electron chi connectivity index (χ1n) is 7.94. The van der Waals surface area contributed by atoms with Crippen molar-refractivity contribution in [3.05, 3.63) is 29.3 Å². The molecule has 0 unspecified atom stereocenters. The van der Waals surface area contributed by atoms with Crippen molar-refractivity contribution >= 4 is 11.6 Å². The van der Waals surface area contributed by atoms with Gasteiger partial charge in [-0.1, -0.05) is 25.1 Å². The van der Waals surface area contributed by atoms with E-state index in [1.54, 1.807) is 0 Å². The van der Waals surface area contributed by atoms with Crippen molar-refractivity contribution in [3.8, 4) is 0 Å². The lowest BCUT2D eigenvalue weighted by Crippen LogP contribution is -2.40. The van der Waals surface area contributed by atoms with Crippen LogP contribution < -0.4 is 11.1 Å². The average molecular weight is 289 g/mol. The summed E-state index contributed by atoms with van der Waals surface area (Å²) in [4.78, 5) is 14.5. The molecule has 0 spiro atoms. The third-order valence-electron chi connectivity index (χ3n) is 4.41. The Morgan fingerprint density at radius 2 is 2.10 bits per heavy atom. The number of para-hydroxylation sites is 1. The second kappa shape index (κ2) is 7.57. The van der Waals surface area contributed by atoms with Crippen molar-refractivity contribution in [2.45, 2.75) is 33.1 Å². The highest BCUT2D eigenvalue weighted by atomic mass is 16.2. The molecule has 4 heteroatoms. The molecule has 21 heavy (non-hydrogen) atoms. The number of rotatable bonds is 5. The fourth-order valence-electron chi connectivity index (χ4n) is 2.96. The number of nitrogens with one attached hydrogen (secondary N) is 1. The minimum atomic E-state index is 0.0881. The number of benzene rings is 1. The van der Waals surface area contributed by atoms with E-state index in [-0.39, 0.29) is 5.91 Å². The van der Waals surface area contributed by atoms with Gasteiger partial charge in [0.05, 0.1) is 6.54 Å². The lowest BCUT2D eigenvalue weighted by Gasteiger charge is -2.30. The third kappa shape index (κ3) is 4.29. The Labute approximate surface area is 127 Å². The summed E-state index contributed by atoms with van der Waals surface area (Å²) in [5, 5.41) is 3.10. The number of carbonyl (C=O) groups excluding carboxylic acids is 1. The van der Waals surface area contributed by atoms with Gasteiger partial charge < -0.3 is 11.1 Å². The quantitative estimate of drug-likeness (QED) is 0.873. The normalized spacial score (nSPS) is 16.9. The topological polar surface area (TPSA) is 58.4 Å². The summed E-state index contributed by atoms with van der Waals surface area (Å²) in [6.45, 7) is 7.36. The van der Waals surface area contributed by atoms with Crippen LogP contribution in [0.5, 0.6) is 0 Å². The van der Waals surface area contributed by atoms with Gasteiger partial charge in [0.25, 0.3) is 0 Å². The van der Waals surface area contributed by atoms with E-state index in [0.717, 1.165) is 50.1 Å². The van der Waals surface area contributed by atoms with Gasteiger partial charge in [-0.3, -0.25) is 9.69 Å². The zero-order valence-corrected chi connectivity index (χ0v) is 13.2. The molecule has 2 rings (SSSR count). The van der Waals surface area contributed by atoms with Gasteiger partial charge in [0.15, 0.2) is 0 Å². The molecule has 1 amide bonds. The van der Waals surface area contributed by atoms with Crippen molar-refractivity contribution in [1.82, 2.24) is 4.90 Å². The molecule has 1 heterocycles. The standard InChI is InChI=1S/C17H27N3O/c1-3-15-6-4-5-13(2)17(15)19-16(21)12-20-9-7-14(11-18)8-10-20/h4-6,14H,3,7-12,18H2,1-2H3,(H,19,21). The Bertz CT molecular complexity index is 479. The number of piperidine rings is 1. The summed E-state index contributed by atoms with van der Waals surface area (Å²) >= 11 is 0.